The standard InChI is InChI=1S/C14H19F2NO/c15-12-4-5-13(16)11(8-12)9-18-10-14(17)6-2-1-3-7-14/h4-5,8H,1-3,6-7,9-10,17H2. The lowest BCUT2D eigenvalue weighted by Gasteiger charge is -2.33. The maximum atomic E-state index is 13.4. The Hall–Kier alpha value is -1.00. The fourth-order valence-electron chi connectivity index (χ4n) is 2.42. The Balaban J connectivity index is 1.86. The summed E-state index contributed by atoms with van der Waals surface area (Å²) in [6.45, 7) is 0.478. The summed E-state index contributed by atoms with van der Waals surface area (Å²) in [4.78, 5) is 0. The Morgan fingerprint density at radius 2 is 1.89 bits per heavy atom. The summed E-state index contributed by atoms with van der Waals surface area (Å²) in [5.74, 6) is -0.888. The highest BCUT2D eigenvalue weighted by atomic mass is 19.1. The van der Waals surface area contributed by atoms with Crippen LogP contribution in [0, 0.1) is 11.6 Å². The van der Waals surface area contributed by atoms with Crippen LogP contribution in [0.4, 0.5) is 8.78 Å². The zero-order valence-corrected chi connectivity index (χ0v) is 10.4. The largest absolute Gasteiger partial charge is 0.375 e. The fourth-order valence-corrected chi connectivity index (χ4v) is 2.42. The van der Waals surface area contributed by atoms with E-state index in [0.717, 1.165) is 37.8 Å². The van der Waals surface area contributed by atoms with Crippen molar-refractivity contribution in [1.82, 2.24) is 0 Å². The Labute approximate surface area is 106 Å². The summed E-state index contributed by atoms with van der Waals surface area (Å²) < 4.78 is 31.8. The first-order chi connectivity index (χ1) is 8.59. The molecule has 0 unspecified atom stereocenters. The van der Waals surface area contributed by atoms with Gasteiger partial charge in [-0.3, -0.25) is 0 Å². The van der Waals surface area contributed by atoms with Crippen LogP contribution in [0.2, 0.25) is 0 Å². The van der Waals surface area contributed by atoms with E-state index in [1.807, 2.05) is 0 Å². The third kappa shape index (κ3) is 3.50. The SMILES string of the molecule is NC1(COCc2cc(F)ccc2F)CCCCC1. The van der Waals surface area contributed by atoms with E-state index in [1.165, 1.54) is 12.5 Å². The average molecular weight is 255 g/mol. The van der Waals surface area contributed by atoms with Crippen LogP contribution >= 0.6 is 0 Å². The second-order valence-corrected chi connectivity index (χ2v) is 5.15. The Morgan fingerprint density at radius 1 is 1.17 bits per heavy atom. The third-order valence-electron chi connectivity index (χ3n) is 3.50. The number of ether oxygens (including phenoxy) is 1. The normalized spacial score (nSPS) is 18.8. The highest BCUT2D eigenvalue weighted by molar-refractivity contribution is 5.17. The second kappa shape index (κ2) is 5.76. The van der Waals surface area contributed by atoms with Gasteiger partial charge in [-0.2, -0.15) is 0 Å². The van der Waals surface area contributed by atoms with Gasteiger partial charge in [0.05, 0.1) is 13.2 Å². The fraction of sp³-hybridized carbons (Fsp3) is 0.571. The molecule has 1 aliphatic carbocycles. The molecule has 1 fully saturated rings. The van der Waals surface area contributed by atoms with Crippen LogP contribution in [0.5, 0.6) is 0 Å². The molecular formula is C14H19F2NO. The maximum absolute atomic E-state index is 13.4. The van der Waals surface area contributed by atoms with E-state index < -0.39 is 11.6 Å². The summed E-state index contributed by atoms with van der Waals surface area (Å²) in [7, 11) is 0. The number of halogens is 2. The van der Waals surface area contributed by atoms with Crippen molar-refractivity contribution in [3.8, 4) is 0 Å². The van der Waals surface area contributed by atoms with Gasteiger partial charge in [-0.05, 0) is 31.0 Å². The van der Waals surface area contributed by atoms with Crippen molar-refractivity contribution >= 4 is 0 Å². The van der Waals surface area contributed by atoms with Crippen LogP contribution < -0.4 is 5.73 Å². The van der Waals surface area contributed by atoms with Crippen molar-refractivity contribution in [2.24, 2.45) is 5.73 Å². The van der Waals surface area contributed by atoms with Crippen molar-refractivity contribution in [3.63, 3.8) is 0 Å². The lowest BCUT2D eigenvalue weighted by molar-refractivity contribution is 0.0559. The molecule has 4 heteroatoms. The molecule has 1 saturated carbocycles. The molecule has 0 radical (unpaired) electrons. The molecule has 2 N–H and O–H groups in total. The predicted molar refractivity (Wildman–Crippen MR) is 66.0 cm³/mol. The zero-order valence-electron chi connectivity index (χ0n) is 10.4. The van der Waals surface area contributed by atoms with Gasteiger partial charge >= 0.3 is 0 Å². The first-order valence-electron chi connectivity index (χ1n) is 6.40. The quantitative estimate of drug-likeness (QED) is 0.897. The first-order valence-corrected chi connectivity index (χ1v) is 6.40. The van der Waals surface area contributed by atoms with Gasteiger partial charge in [-0.1, -0.05) is 19.3 Å². The highest BCUT2D eigenvalue weighted by Crippen LogP contribution is 2.26. The summed E-state index contributed by atoms with van der Waals surface area (Å²) in [5, 5.41) is 0. The summed E-state index contributed by atoms with van der Waals surface area (Å²) >= 11 is 0. The van der Waals surface area contributed by atoms with Crippen LogP contribution in [0.15, 0.2) is 18.2 Å². The van der Waals surface area contributed by atoms with E-state index in [1.54, 1.807) is 0 Å². The Bertz CT molecular complexity index is 403. The summed E-state index contributed by atoms with van der Waals surface area (Å²) in [5.41, 5.74) is 6.15. The van der Waals surface area contributed by atoms with E-state index >= 15 is 0 Å². The monoisotopic (exact) mass is 255 g/mol. The van der Waals surface area contributed by atoms with E-state index in [4.69, 9.17) is 10.5 Å². The molecule has 1 aliphatic rings. The molecule has 0 amide bonds. The minimum atomic E-state index is -0.449. The van der Waals surface area contributed by atoms with Crippen molar-refractivity contribution in [3.05, 3.63) is 35.4 Å². The van der Waals surface area contributed by atoms with Crippen LogP contribution in [-0.2, 0) is 11.3 Å². The van der Waals surface area contributed by atoms with E-state index in [9.17, 15) is 8.78 Å². The van der Waals surface area contributed by atoms with Crippen LogP contribution in [-0.4, -0.2) is 12.1 Å². The Kier molecular flexibility index (Phi) is 4.30. The van der Waals surface area contributed by atoms with Gasteiger partial charge in [0.2, 0.25) is 0 Å². The molecule has 0 atom stereocenters. The molecule has 2 nitrogen and oxygen atoms in total. The molecule has 1 aromatic carbocycles. The number of hydrogen-bond acceptors (Lipinski definition) is 2. The average Bonchev–Trinajstić information content (AvgIpc) is 2.34. The van der Waals surface area contributed by atoms with Crippen LogP contribution in [0.1, 0.15) is 37.7 Å². The van der Waals surface area contributed by atoms with E-state index in [-0.39, 0.29) is 17.7 Å². The Morgan fingerprint density at radius 3 is 2.61 bits per heavy atom. The molecule has 18 heavy (non-hydrogen) atoms. The van der Waals surface area contributed by atoms with Gasteiger partial charge in [-0.15, -0.1) is 0 Å². The number of hydrogen-bond donors (Lipinski definition) is 1. The maximum Gasteiger partial charge on any atom is 0.128 e. The van der Waals surface area contributed by atoms with Gasteiger partial charge in [0.1, 0.15) is 11.6 Å². The molecular weight excluding hydrogens is 236 g/mol. The topological polar surface area (TPSA) is 35.2 Å². The number of nitrogens with two attached hydrogens (primary N) is 1. The molecule has 0 bridgehead atoms. The van der Waals surface area contributed by atoms with Crippen molar-refractivity contribution in [2.75, 3.05) is 6.61 Å². The number of rotatable bonds is 4. The van der Waals surface area contributed by atoms with Crippen molar-refractivity contribution in [1.29, 1.82) is 0 Å². The molecule has 0 aromatic heterocycles. The molecule has 0 saturated heterocycles. The van der Waals surface area contributed by atoms with Crippen molar-refractivity contribution in [2.45, 2.75) is 44.2 Å². The first kappa shape index (κ1) is 13.4. The van der Waals surface area contributed by atoms with Gasteiger partial charge < -0.3 is 10.5 Å². The molecule has 0 spiro atoms. The van der Waals surface area contributed by atoms with Gasteiger partial charge in [0.25, 0.3) is 0 Å². The van der Waals surface area contributed by atoms with Gasteiger partial charge in [0.15, 0.2) is 0 Å². The summed E-state index contributed by atoms with van der Waals surface area (Å²) in [6, 6.07) is 3.39. The zero-order chi connectivity index (χ0) is 13.0. The minimum Gasteiger partial charge on any atom is -0.375 e. The number of benzene rings is 1. The molecule has 2 rings (SSSR count). The van der Waals surface area contributed by atoms with Gasteiger partial charge in [0, 0.05) is 11.1 Å². The lowest BCUT2D eigenvalue weighted by Crippen LogP contribution is -2.46. The highest BCUT2D eigenvalue weighted by Gasteiger charge is 2.27. The molecule has 100 valence electrons. The lowest BCUT2D eigenvalue weighted by atomic mass is 9.83. The van der Waals surface area contributed by atoms with E-state index in [2.05, 4.69) is 0 Å². The smallest absolute Gasteiger partial charge is 0.128 e. The summed E-state index contributed by atoms with van der Waals surface area (Å²) in [6.07, 6.45) is 5.34. The molecule has 0 aliphatic heterocycles. The minimum absolute atomic E-state index is 0.0720. The van der Waals surface area contributed by atoms with Crippen molar-refractivity contribution < 1.29 is 13.5 Å². The molecule has 1 aromatic rings. The van der Waals surface area contributed by atoms with Gasteiger partial charge in [-0.25, -0.2) is 8.78 Å². The second-order valence-electron chi connectivity index (χ2n) is 5.15. The molecule has 0 heterocycles. The van der Waals surface area contributed by atoms with E-state index in [0.29, 0.717) is 6.61 Å². The van der Waals surface area contributed by atoms with Crippen LogP contribution in [0.25, 0.3) is 0 Å². The van der Waals surface area contributed by atoms with Crippen LogP contribution in [0.3, 0.4) is 0 Å². The predicted octanol–water partition coefficient (Wildman–Crippen LogP) is 3.14. The third-order valence-corrected chi connectivity index (χ3v) is 3.50.